The van der Waals surface area contributed by atoms with Crippen molar-refractivity contribution in [2.24, 2.45) is 4.99 Å². The normalized spacial score (nSPS) is 18.4. The van der Waals surface area contributed by atoms with Crippen LogP contribution in [-0.4, -0.2) is 44.1 Å². The monoisotopic (exact) mass is 439 g/mol. The number of nitrogens with one attached hydrogen (secondary N) is 2. The van der Waals surface area contributed by atoms with Crippen molar-refractivity contribution in [1.29, 1.82) is 0 Å². The highest BCUT2D eigenvalue weighted by atomic mass is 32.1. The molecule has 0 saturated carbocycles. The Kier molecular flexibility index (Phi) is 7.46. The van der Waals surface area contributed by atoms with Crippen molar-refractivity contribution in [2.75, 3.05) is 36.0 Å². The number of carbonyl (C=O) groups excluding carboxylic acids is 1. The molecule has 2 N–H and O–H groups in total. The third-order valence-corrected chi connectivity index (χ3v) is 6.92. The smallest absolute Gasteiger partial charge is 0.226 e. The molecule has 0 radical (unpaired) electrons. The van der Waals surface area contributed by atoms with Crippen molar-refractivity contribution in [1.82, 2.24) is 10.6 Å². The highest BCUT2D eigenvalue weighted by molar-refractivity contribution is 7.14. The second kappa shape index (κ2) is 10.7. The average molecular weight is 440 g/mol. The van der Waals surface area contributed by atoms with Gasteiger partial charge in [-0.3, -0.25) is 4.79 Å². The first kappa shape index (κ1) is 21.7. The van der Waals surface area contributed by atoms with Crippen molar-refractivity contribution in [3.8, 4) is 0 Å². The minimum absolute atomic E-state index is 0.237. The van der Waals surface area contributed by atoms with E-state index >= 15 is 0 Å². The van der Waals surface area contributed by atoms with Gasteiger partial charge in [-0.2, -0.15) is 0 Å². The number of rotatable bonds is 6. The highest BCUT2D eigenvalue weighted by Crippen LogP contribution is 2.25. The van der Waals surface area contributed by atoms with Crippen LogP contribution in [0.5, 0.6) is 0 Å². The van der Waals surface area contributed by atoms with E-state index in [-0.39, 0.29) is 5.91 Å². The quantitative estimate of drug-likeness (QED) is 0.528. The summed E-state index contributed by atoms with van der Waals surface area (Å²) in [5.41, 5.74) is 2.15. The summed E-state index contributed by atoms with van der Waals surface area (Å²) >= 11 is 1.82. The molecule has 31 heavy (non-hydrogen) atoms. The first-order valence-electron chi connectivity index (χ1n) is 11.5. The number of hydrogen-bond acceptors (Lipinski definition) is 4. The number of thiophene rings is 1. The van der Waals surface area contributed by atoms with Gasteiger partial charge in [0.25, 0.3) is 0 Å². The van der Waals surface area contributed by atoms with Gasteiger partial charge in [0.15, 0.2) is 5.96 Å². The number of benzene rings is 1. The van der Waals surface area contributed by atoms with E-state index in [1.807, 2.05) is 16.2 Å². The van der Waals surface area contributed by atoms with E-state index in [1.165, 1.54) is 5.00 Å². The largest absolute Gasteiger partial charge is 0.363 e. The number of hydrogen-bond donors (Lipinski definition) is 2. The molecule has 166 valence electrons. The number of piperidine rings is 2. The third kappa shape index (κ3) is 5.79. The molecular weight excluding hydrogens is 406 g/mol. The zero-order valence-electron chi connectivity index (χ0n) is 18.3. The fraction of sp³-hybridized carbons (Fsp3) is 0.500. The lowest BCUT2D eigenvalue weighted by Gasteiger charge is -2.33. The van der Waals surface area contributed by atoms with Crippen LogP contribution in [0.1, 0.15) is 44.6 Å². The lowest BCUT2D eigenvalue weighted by atomic mass is 10.1. The van der Waals surface area contributed by atoms with Crippen LogP contribution in [0.3, 0.4) is 0 Å². The SMILES string of the molecule is CCNC(=NCc1ccc(N2CCCCC2=O)cc1)NC1CCN(c2cccs2)CC1. The van der Waals surface area contributed by atoms with Gasteiger partial charge in [0, 0.05) is 44.3 Å². The summed E-state index contributed by atoms with van der Waals surface area (Å²) in [4.78, 5) is 21.3. The van der Waals surface area contributed by atoms with Gasteiger partial charge >= 0.3 is 0 Å². The highest BCUT2D eigenvalue weighted by Gasteiger charge is 2.21. The lowest BCUT2D eigenvalue weighted by molar-refractivity contribution is -0.119. The van der Waals surface area contributed by atoms with Crippen molar-refractivity contribution in [2.45, 2.75) is 51.6 Å². The summed E-state index contributed by atoms with van der Waals surface area (Å²) in [5.74, 6) is 1.12. The fourth-order valence-corrected chi connectivity index (χ4v) is 5.02. The van der Waals surface area contributed by atoms with E-state index in [0.717, 1.165) is 69.1 Å². The molecule has 1 aromatic carbocycles. The summed E-state index contributed by atoms with van der Waals surface area (Å²) < 4.78 is 0. The first-order valence-corrected chi connectivity index (χ1v) is 12.3. The average Bonchev–Trinajstić information content (AvgIpc) is 3.34. The standard InChI is InChI=1S/C24H33N5OS/c1-2-25-24(27-20-12-15-28(16-13-20)23-7-5-17-31-23)26-18-19-8-10-21(11-9-19)29-14-4-3-6-22(29)30/h5,7-11,17,20H,2-4,6,12-16,18H2,1H3,(H2,25,26,27). The van der Waals surface area contributed by atoms with Crippen LogP contribution in [0, 0.1) is 0 Å². The van der Waals surface area contributed by atoms with E-state index in [4.69, 9.17) is 4.99 Å². The number of guanidine groups is 1. The van der Waals surface area contributed by atoms with Gasteiger partial charge in [0.1, 0.15) is 0 Å². The van der Waals surface area contributed by atoms with Gasteiger partial charge in [-0.05, 0) is 67.8 Å². The van der Waals surface area contributed by atoms with Crippen molar-refractivity contribution >= 4 is 33.9 Å². The Hall–Kier alpha value is -2.54. The van der Waals surface area contributed by atoms with Gasteiger partial charge < -0.3 is 20.4 Å². The molecule has 1 aromatic heterocycles. The maximum atomic E-state index is 12.1. The Morgan fingerprint density at radius 1 is 1.13 bits per heavy atom. The Labute approximate surface area is 189 Å². The van der Waals surface area contributed by atoms with E-state index in [2.05, 4.69) is 64.2 Å². The molecule has 0 unspecified atom stereocenters. The van der Waals surface area contributed by atoms with Crippen LogP contribution in [0.2, 0.25) is 0 Å². The van der Waals surface area contributed by atoms with Gasteiger partial charge in [0.2, 0.25) is 5.91 Å². The Morgan fingerprint density at radius 2 is 1.94 bits per heavy atom. The van der Waals surface area contributed by atoms with Crippen LogP contribution in [0.25, 0.3) is 0 Å². The van der Waals surface area contributed by atoms with Gasteiger partial charge in [-0.15, -0.1) is 11.3 Å². The molecule has 2 aromatic rings. The minimum atomic E-state index is 0.237. The van der Waals surface area contributed by atoms with Gasteiger partial charge in [-0.25, -0.2) is 4.99 Å². The molecule has 2 aliphatic rings. The molecule has 0 spiro atoms. The van der Waals surface area contributed by atoms with Crippen molar-refractivity contribution < 1.29 is 4.79 Å². The van der Waals surface area contributed by atoms with E-state index in [1.54, 1.807) is 0 Å². The van der Waals surface area contributed by atoms with E-state index in [0.29, 0.717) is 19.0 Å². The zero-order chi connectivity index (χ0) is 21.5. The number of aliphatic imine (C=N–C) groups is 1. The molecule has 2 aliphatic heterocycles. The second-order valence-electron chi connectivity index (χ2n) is 8.22. The van der Waals surface area contributed by atoms with Gasteiger partial charge in [-0.1, -0.05) is 12.1 Å². The summed E-state index contributed by atoms with van der Waals surface area (Å²) in [7, 11) is 0. The van der Waals surface area contributed by atoms with Crippen LogP contribution >= 0.6 is 11.3 Å². The Balaban J connectivity index is 1.31. The molecule has 6 nitrogen and oxygen atoms in total. The molecule has 2 saturated heterocycles. The summed E-state index contributed by atoms with van der Waals surface area (Å²) in [5, 5.41) is 10.5. The van der Waals surface area contributed by atoms with Gasteiger partial charge in [0.05, 0.1) is 11.5 Å². The first-order chi connectivity index (χ1) is 15.2. The van der Waals surface area contributed by atoms with Crippen LogP contribution in [0.15, 0.2) is 46.8 Å². The fourth-order valence-electron chi connectivity index (χ4n) is 4.24. The lowest BCUT2D eigenvalue weighted by Crippen LogP contribution is -2.48. The molecule has 3 heterocycles. The van der Waals surface area contributed by atoms with Crippen molar-refractivity contribution in [3.63, 3.8) is 0 Å². The molecule has 0 bridgehead atoms. The van der Waals surface area contributed by atoms with E-state index < -0.39 is 0 Å². The number of anilines is 2. The topological polar surface area (TPSA) is 60.0 Å². The maximum Gasteiger partial charge on any atom is 0.226 e. The molecular formula is C24H33N5OS. The Bertz CT molecular complexity index is 857. The molecule has 0 aliphatic carbocycles. The molecule has 0 atom stereocenters. The number of amides is 1. The Morgan fingerprint density at radius 3 is 2.61 bits per heavy atom. The summed E-state index contributed by atoms with van der Waals surface area (Å²) in [6.45, 7) is 6.55. The zero-order valence-corrected chi connectivity index (χ0v) is 19.2. The molecule has 4 rings (SSSR count). The predicted octanol–water partition coefficient (Wildman–Crippen LogP) is 3.99. The van der Waals surface area contributed by atoms with E-state index in [9.17, 15) is 4.79 Å². The van der Waals surface area contributed by atoms with Crippen LogP contribution < -0.4 is 20.4 Å². The van der Waals surface area contributed by atoms with Crippen LogP contribution in [-0.2, 0) is 11.3 Å². The summed E-state index contributed by atoms with van der Waals surface area (Å²) in [6, 6.07) is 13.0. The molecule has 7 heteroatoms. The summed E-state index contributed by atoms with van der Waals surface area (Å²) in [6.07, 6.45) is 4.98. The maximum absolute atomic E-state index is 12.1. The predicted molar refractivity (Wildman–Crippen MR) is 130 cm³/mol. The number of carbonyl (C=O) groups is 1. The third-order valence-electron chi connectivity index (χ3n) is 5.99. The minimum Gasteiger partial charge on any atom is -0.363 e. The number of nitrogens with zero attached hydrogens (tertiary/aromatic N) is 3. The molecule has 1 amide bonds. The second-order valence-corrected chi connectivity index (χ2v) is 9.15. The van der Waals surface area contributed by atoms with Crippen molar-refractivity contribution in [3.05, 3.63) is 47.3 Å². The molecule has 2 fully saturated rings. The van der Waals surface area contributed by atoms with Crippen LogP contribution in [0.4, 0.5) is 10.7 Å².